The molecule has 7 nitrogen and oxygen atoms in total. The van der Waals surface area contributed by atoms with Crippen molar-refractivity contribution in [3.63, 3.8) is 0 Å². The lowest BCUT2D eigenvalue weighted by molar-refractivity contribution is -0.113. The minimum absolute atomic E-state index is 0.0881. The maximum atomic E-state index is 14.6. The zero-order valence-corrected chi connectivity index (χ0v) is 21.2. The number of nitrogens with one attached hydrogen (secondary N) is 1. The van der Waals surface area contributed by atoms with E-state index in [9.17, 15) is 14.3 Å². The van der Waals surface area contributed by atoms with Crippen molar-refractivity contribution in [2.45, 2.75) is 38.3 Å². The summed E-state index contributed by atoms with van der Waals surface area (Å²) in [6.07, 6.45) is 2.94. The highest BCUT2D eigenvalue weighted by molar-refractivity contribution is 8.00. The maximum absolute atomic E-state index is 14.6. The van der Waals surface area contributed by atoms with Crippen molar-refractivity contribution in [2.24, 2.45) is 0 Å². The fourth-order valence-corrected chi connectivity index (χ4v) is 4.96. The zero-order valence-electron chi connectivity index (χ0n) is 20.4. The van der Waals surface area contributed by atoms with Gasteiger partial charge >= 0.3 is 0 Å². The Balaban J connectivity index is 1.47. The minimum Gasteiger partial charge on any atom is -0.436 e. The summed E-state index contributed by atoms with van der Waals surface area (Å²) in [6.45, 7) is 3.70. The van der Waals surface area contributed by atoms with E-state index in [4.69, 9.17) is 4.74 Å². The third-order valence-corrected chi connectivity index (χ3v) is 7.18. The summed E-state index contributed by atoms with van der Waals surface area (Å²) in [6, 6.07) is 14.0. The fraction of sp³-hybridized carbons (Fsp3) is 0.214. The lowest BCUT2D eigenvalue weighted by atomic mass is 9.99. The van der Waals surface area contributed by atoms with E-state index in [0.29, 0.717) is 45.6 Å². The van der Waals surface area contributed by atoms with E-state index in [2.05, 4.69) is 27.2 Å². The molecule has 0 radical (unpaired) electrons. The third kappa shape index (κ3) is 5.19. The quantitative estimate of drug-likeness (QED) is 0.219. The van der Waals surface area contributed by atoms with Crippen LogP contribution < -0.4 is 10.1 Å². The number of aryl methyl sites for hydroxylation is 2. The third-order valence-electron chi connectivity index (χ3n) is 6.16. The Morgan fingerprint density at radius 1 is 1.14 bits per heavy atom. The van der Waals surface area contributed by atoms with Crippen molar-refractivity contribution in [1.29, 1.82) is 0 Å². The Labute approximate surface area is 218 Å². The monoisotopic (exact) mass is 516 g/mol. The highest BCUT2D eigenvalue weighted by Crippen LogP contribution is 2.42. The predicted molar refractivity (Wildman–Crippen MR) is 140 cm³/mol. The second kappa shape index (κ2) is 10.7. The van der Waals surface area contributed by atoms with Crippen molar-refractivity contribution in [2.75, 3.05) is 11.1 Å². The van der Waals surface area contributed by atoms with Crippen LogP contribution in [0.25, 0.3) is 11.4 Å². The van der Waals surface area contributed by atoms with Gasteiger partial charge in [0, 0.05) is 29.4 Å². The summed E-state index contributed by atoms with van der Waals surface area (Å²) in [5.41, 5.74) is 4.92. The average molecular weight is 517 g/mol. The van der Waals surface area contributed by atoms with E-state index < -0.39 is 5.82 Å². The van der Waals surface area contributed by atoms with Crippen LogP contribution in [0, 0.1) is 12.7 Å². The number of halogens is 1. The maximum Gasteiger partial charge on any atom is 0.234 e. The Kier molecular flexibility index (Phi) is 7.16. The number of aromatic nitrogens is 3. The van der Waals surface area contributed by atoms with Crippen molar-refractivity contribution < 1.29 is 19.0 Å². The number of aliphatic hydroxyl groups excluding tert-OH is 1. The summed E-state index contributed by atoms with van der Waals surface area (Å²) in [5, 5.41) is 13.3. The van der Waals surface area contributed by atoms with Gasteiger partial charge in [-0.3, -0.25) is 9.78 Å². The topological polar surface area (TPSA) is 97.2 Å². The number of fused-ring (bicyclic) bond motifs is 2. The molecule has 4 aromatic rings. The Morgan fingerprint density at radius 2 is 1.92 bits per heavy atom. The molecule has 188 valence electrons. The van der Waals surface area contributed by atoms with Crippen LogP contribution in [0.1, 0.15) is 34.9 Å². The fourth-order valence-electron chi connectivity index (χ4n) is 4.13. The van der Waals surface area contributed by atoms with Crippen LogP contribution in [0.3, 0.4) is 0 Å². The van der Waals surface area contributed by atoms with Crippen LogP contribution in [0.15, 0.2) is 59.8 Å². The molecular formula is C28H25FN4O3S. The Morgan fingerprint density at radius 3 is 2.65 bits per heavy atom. The Bertz CT molecular complexity index is 1480. The molecule has 2 N–H and O–H groups in total. The number of thioether (sulfide) groups is 1. The van der Waals surface area contributed by atoms with Gasteiger partial charge in [-0.15, -0.1) is 0 Å². The lowest BCUT2D eigenvalue weighted by Crippen LogP contribution is -2.16. The first-order chi connectivity index (χ1) is 18.0. The first-order valence-electron chi connectivity index (χ1n) is 11.9. The van der Waals surface area contributed by atoms with E-state index in [-0.39, 0.29) is 29.7 Å². The standard InChI is InChI=1S/C28H25FN4O3S/c1-3-17-8-10-19(11-9-17)31-24(35)15-37-28-22-12-21-18(14-34)13-30-16(2)25(21)36-27(22)32-26(33-28)20-6-4-5-7-23(20)29/h4-11,13,34H,3,12,14-15H2,1-2H3,(H,31,35). The summed E-state index contributed by atoms with van der Waals surface area (Å²) in [5.74, 6) is 0.429. The van der Waals surface area contributed by atoms with Gasteiger partial charge in [0.1, 0.15) is 10.8 Å². The number of benzene rings is 2. The van der Waals surface area contributed by atoms with E-state index in [1.807, 2.05) is 31.2 Å². The van der Waals surface area contributed by atoms with Crippen LogP contribution in [0.2, 0.25) is 0 Å². The first-order valence-corrected chi connectivity index (χ1v) is 12.9. The van der Waals surface area contributed by atoms with Crippen LogP contribution in [-0.4, -0.2) is 31.7 Å². The number of hydrogen-bond acceptors (Lipinski definition) is 7. The van der Waals surface area contributed by atoms with E-state index in [0.717, 1.165) is 12.0 Å². The van der Waals surface area contributed by atoms with E-state index >= 15 is 0 Å². The number of pyridine rings is 1. The molecule has 0 aliphatic carbocycles. The van der Waals surface area contributed by atoms with Gasteiger partial charge in [0.05, 0.1) is 29.2 Å². The number of hydrogen-bond donors (Lipinski definition) is 2. The SMILES string of the molecule is CCc1ccc(NC(=O)CSc2nc(-c3ccccc3F)nc3c2Cc2c(CO)cnc(C)c2O3)cc1. The number of amides is 1. The molecule has 1 amide bonds. The van der Waals surface area contributed by atoms with Gasteiger partial charge < -0.3 is 15.2 Å². The van der Waals surface area contributed by atoms with Crippen molar-refractivity contribution in [3.05, 3.63) is 88.5 Å². The molecule has 2 aromatic heterocycles. The number of nitrogens with zero attached hydrogens (tertiary/aromatic N) is 3. The molecule has 0 saturated carbocycles. The highest BCUT2D eigenvalue weighted by atomic mass is 32.2. The van der Waals surface area contributed by atoms with Gasteiger partial charge in [-0.1, -0.05) is 43.0 Å². The molecule has 5 rings (SSSR count). The first kappa shape index (κ1) is 24.9. The van der Waals surface area contributed by atoms with Crippen LogP contribution in [-0.2, 0) is 24.2 Å². The molecule has 0 unspecified atom stereocenters. The largest absolute Gasteiger partial charge is 0.436 e. The van der Waals surface area contributed by atoms with E-state index in [1.54, 1.807) is 24.4 Å². The van der Waals surface area contributed by atoms with Crippen molar-refractivity contribution >= 4 is 23.4 Å². The molecule has 0 saturated heterocycles. The molecule has 37 heavy (non-hydrogen) atoms. The van der Waals surface area contributed by atoms with Gasteiger partial charge in [0.25, 0.3) is 0 Å². The van der Waals surface area contributed by atoms with Gasteiger partial charge in [-0.2, -0.15) is 4.98 Å². The van der Waals surface area contributed by atoms with Crippen molar-refractivity contribution in [3.8, 4) is 23.0 Å². The summed E-state index contributed by atoms with van der Waals surface area (Å²) >= 11 is 1.23. The molecule has 1 aliphatic rings. The van der Waals surface area contributed by atoms with Crippen LogP contribution >= 0.6 is 11.8 Å². The summed E-state index contributed by atoms with van der Waals surface area (Å²) < 4.78 is 20.8. The van der Waals surface area contributed by atoms with Gasteiger partial charge in [-0.05, 0) is 43.2 Å². The molecule has 2 aromatic carbocycles. The predicted octanol–water partition coefficient (Wildman–Crippen LogP) is 5.47. The molecule has 9 heteroatoms. The molecule has 0 bridgehead atoms. The second-order valence-electron chi connectivity index (χ2n) is 8.62. The smallest absolute Gasteiger partial charge is 0.234 e. The number of ether oxygens (including phenoxy) is 1. The van der Waals surface area contributed by atoms with Crippen molar-refractivity contribution in [1.82, 2.24) is 15.0 Å². The number of anilines is 1. The number of rotatable bonds is 7. The summed E-state index contributed by atoms with van der Waals surface area (Å²) in [7, 11) is 0. The molecule has 3 heterocycles. The van der Waals surface area contributed by atoms with Gasteiger partial charge in [-0.25, -0.2) is 9.37 Å². The second-order valence-corrected chi connectivity index (χ2v) is 9.58. The Hall–Kier alpha value is -3.82. The zero-order chi connectivity index (χ0) is 25.9. The minimum atomic E-state index is -0.455. The number of carbonyl (C=O) groups excluding carboxylic acids is 1. The molecule has 1 aliphatic heterocycles. The summed E-state index contributed by atoms with van der Waals surface area (Å²) in [4.78, 5) is 26.2. The van der Waals surface area contributed by atoms with Crippen LogP contribution in [0.4, 0.5) is 10.1 Å². The number of carbonyl (C=O) groups is 1. The molecule has 0 spiro atoms. The van der Waals surface area contributed by atoms with Gasteiger partial charge in [0.2, 0.25) is 11.8 Å². The highest BCUT2D eigenvalue weighted by Gasteiger charge is 2.28. The van der Waals surface area contributed by atoms with E-state index in [1.165, 1.54) is 23.4 Å². The molecule has 0 atom stereocenters. The molecular weight excluding hydrogens is 491 g/mol. The van der Waals surface area contributed by atoms with Crippen LogP contribution in [0.5, 0.6) is 11.6 Å². The number of aliphatic hydroxyl groups is 1. The average Bonchev–Trinajstić information content (AvgIpc) is 2.92. The normalized spacial score (nSPS) is 11.9. The molecule has 0 fully saturated rings. The lowest BCUT2D eigenvalue weighted by Gasteiger charge is -2.24. The van der Waals surface area contributed by atoms with Gasteiger partial charge in [0.15, 0.2) is 11.6 Å².